The van der Waals surface area contributed by atoms with Crippen molar-refractivity contribution in [2.24, 2.45) is 5.73 Å². The van der Waals surface area contributed by atoms with Crippen LogP contribution < -0.4 is 5.73 Å². The van der Waals surface area contributed by atoms with Crippen LogP contribution in [-0.4, -0.2) is 15.9 Å². The molecule has 0 saturated carbocycles. The van der Waals surface area contributed by atoms with Gasteiger partial charge in [-0.05, 0) is 24.3 Å². The van der Waals surface area contributed by atoms with E-state index in [4.69, 9.17) is 5.73 Å². The molecule has 0 fully saturated rings. The summed E-state index contributed by atoms with van der Waals surface area (Å²) in [6, 6.07) is 9.45. The summed E-state index contributed by atoms with van der Waals surface area (Å²) < 4.78 is 37.7. The molecule has 7 heteroatoms. The smallest absolute Gasteiger partial charge is 0.366 e. The molecule has 3 aromatic rings. The maximum absolute atomic E-state index is 12.6. The molecule has 0 unspecified atom stereocenters. The number of nitrogens with zero attached hydrogens (tertiary/aromatic N) is 2. The van der Waals surface area contributed by atoms with E-state index in [0.29, 0.717) is 22.3 Å². The third kappa shape index (κ3) is 2.85. The van der Waals surface area contributed by atoms with Gasteiger partial charge in [0, 0.05) is 5.56 Å². The third-order valence-corrected chi connectivity index (χ3v) is 3.35. The normalized spacial score (nSPS) is 11.6. The van der Waals surface area contributed by atoms with Crippen molar-refractivity contribution in [3.63, 3.8) is 0 Å². The average molecular weight is 317 g/mol. The number of alkyl halides is 3. The largest absolute Gasteiger partial charge is 0.416 e. The lowest BCUT2D eigenvalue weighted by atomic mass is 10.1. The van der Waals surface area contributed by atoms with Crippen molar-refractivity contribution in [1.29, 1.82) is 0 Å². The van der Waals surface area contributed by atoms with Crippen LogP contribution in [0.3, 0.4) is 0 Å². The Bertz CT molecular complexity index is 889. The van der Waals surface area contributed by atoms with E-state index in [-0.39, 0.29) is 5.56 Å². The van der Waals surface area contributed by atoms with E-state index in [0.717, 1.165) is 12.1 Å². The summed E-state index contributed by atoms with van der Waals surface area (Å²) in [5.41, 5.74) is 6.49. The maximum Gasteiger partial charge on any atom is 0.416 e. The highest BCUT2D eigenvalue weighted by Gasteiger charge is 2.30. The first-order valence-electron chi connectivity index (χ1n) is 6.59. The van der Waals surface area contributed by atoms with Crippen molar-refractivity contribution in [1.82, 2.24) is 9.97 Å². The minimum absolute atomic E-state index is 0.244. The molecule has 0 aliphatic rings. The highest BCUT2D eigenvalue weighted by atomic mass is 19.4. The molecule has 3 rings (SSSR count). The molecule has 0 saturated heterocycles. The van der Waals surface area contributed by atoms with Gasteiger partial charge in [-0.25, -0.2) is 4.98 Å². The van der Waals surface area contributed by atoms with Crippen molar-refractivity contribution < 1.29 is 18.0 Å². The predicted molar refractivity (Wildman–Crippen MR) is 78.5 cm³/mol. The Labute approximate surface area is 128 Å². The van der Waals surface area contributed by atoms with Crippen molar-refractivity contribution in [2.75, 3.05) is 0 Å². The number of rotatable bonds is 2. The number of aromatic nitrogens is 2. The Balaban J connectivity index is 2.06. The molecule has 116 valence electrons. The van der Waals surface area contributed by atoms with Crippen molar-refractivity contribution in [2.45, 2.75) is 6.18 Å². The number of fused-ring (bicyclic) bond motifs is 1. The van der Waals surface area contributed by atoms with Crippen LogP contribution in [-0.2, 0) is 6.18 Å². The molecule has 1 amide bonds. The van der Waals surface area contributed by atoms with Gasteiger partial charge < -0.3 is 5.73 Å². The molecule has 0 spiro atoms. The van der Waals surface area contributed by atoms with E-state index in [1.54, 1.807) is 12.1 Å². The van der Waals surface area contributed by atoms with Gasteiger partial charge in [-0.15, -0.1) is 0 Å². The van der Waals surface area contributed by atoms with Crippen LogP contribution in [0, 0.1) is 0 Å². The topological polar surface area (TPSA) is 68.9 Å². The summed E-state index contributed by atoms with van der Waals surface area (Å²) >= 11 is 0. The van der Waals surface area contributed by atoms with Crippen LogP contribution in [0.2, 0.25) is 0 Å². The van der Waals surface area contributed by atoms with E-state index in [9.17, 15) is 18.0 Å². The van der Waals surface area contributed by atoms with Gasteiger partial charge in [0.15, 0.2) is 0 Å². The van der Waals surface area contributed by atoms with Crippen LogP contribution in [0.1, 0.15) is 15.9 Å². The Morgan fingerprint density at radius 3 is 2.35 bits per heavy atom. The van der Waals surface area contributed by atoms with Crippen molar-refractivity contribution in [3.05, 3.63) is 59.8 Å². The summed E-state index contributed by atoms with van der Waals surface area (Å²) in [6.45, 7) is 0. The molecule has 0 bridgehead atoms. The van der Waals surface area contributed by atoms with Crippen LogP contribution in [0.5, 0.6) is 0 Å². The Morgan fingerprint density at radius 2 is 1.74 bits per heavy atom. The fourth-order valence-electron chi connectivity index (χ4n) is 2.21. The summed E-state index contributed by atoms with van der Waals surface area (Å²) in [4.78, 5) is 19.8. The van der Waals surface area contributed by atoms with E-state index < -0.39 is 17.6 Å². The number of hydrogen-bond donors (Lipinski definition) is 1. The van der Waals surface area contributed by atoms with Gasteiger partial charge in [-0.2, -0.15) is 13.2 Å². The fraction of sp³-hybridized carbons (Fsp3) is 0.0625. The molecule has 0 radical (unpaired) electrons. The van der Waals surface area contributed by atoms with Crippen molar-refractivity contribution >= 4 is 16.9 Å². The second kappa shape index (κ2) is 5.35. The van der Waals surface area contributed by atoms with Crippen LogP contribution in [0.25, 0.3) is 22.3 Å². The van der Waals surface area contributed by atoms with Gasteiger partial charge in [0.25, 0.3) is 5.91 Å². The van der Waals surface area contributed by atoms with Gasteiger partial charge in [0.2, 0.25) is 0 Å². The molecule has 1 aromatic heterocycles. The number of benzene rings is 2. The molecular formula is C16H10F3N3O. The number of hydrogen-bond acceptors (Lipinski definition) is 3. The molecule has 0 aliphatic heterocycles. The molecular weight excluding hydrogens is 307 g/mol. The van der Waals surface area contributed by atoms with Gasteiger partial charge in [0.05, 0.1) is 28.5 Å². The summed E-state index contributed by atoms with van der Waals surface area (Å²) in [6.07, 6.45) is -2.98. The lowest BCUT2D eigenvalue weighted by molar-refractivity contribution is -0.137. The lowest BCUT2D eigenvalue weighted by Crippen LogP contribution is -2.12. The van der Waals surface area contributed by atoms with Gasteiger partial charge in [-0.3, -0.25) is 9.78 Å². The number of nitrogens with two attached hydrogens (primary N) is 1. The molecule has 23 heavy (non-hydrogen) atoms. The fourth-order valence-corrected chi connectivity index (χ4v) is 2.21. The Morgan fingerprint density at radius 1 is 1.04 bits per heavy atom. The minimum Gasteiger partial charge on any atom is -0.366 e. The zero-order valence-corrected chi connectivity index (χ0v) is 11.6. The van der Waals surface area contributed by atoms with E-state index in [2.05, 4.69) is 9.97 Å². The molecule has 2 aromatic carbocycles. The third-order valence-electron chi connectivity index (χ3n) is 3.35. The summed E-state index contributed by atoms with van der Waals surface area (Å²) in [5.74, 6) is -0.618. The zero-order valence-electron chi connectivity index (χ0n) is 11.6. The molecule has 0 aliphatic carbocycles. The summed E-state index contributed by atoms with van der Waals surface area (Å²) in [5, 5.41) is 0. The van der Waals surface area contributed by atoms with Gasteiger partial charge >= 0.3 is 6.18 Å². The quantitative estimate of drug-likeness (QED) is 0.787. The Kier molecular flexibility index (Phi) is 3.48. The molecule has 4 nitrogen and oxygen atoms in total. The summed E-state index contributed by atoms with van der Waals surface area (Å²) in [7, 11) is 0. The number of carbonyl (C=O) groups is 1. The number of carbonyl (C=O) groups excluding carboxylic acids is 1. The highest BCUT2D eigenvalue weighted by Crippen LogP contribution is 2.30. The lowest BCUT2D eigenvalue weighted by Gasteiger charge is -2.08. The first kappa shape index (κ1) is 15.0. The predicted octanol–water partition coefficient (Wildman–Crippen LogP) is 3.41. The average Bonchev–Trinajstić information content (AvgIpc) is 2.53. The SMILES string of the molecule is NC(=O)c1cccc2nc(-c3ccc(C(F)(F)F)cc3)cnc12. The highest BCUT2D eigenvalue weighted by molar-refractivity contribution is 6.03. The van der Waals surface area contributed by atoms with E-state index in [1.807, 2.05) is 0 Å². The minimum atomic E-state index is -4.38. The first-order chi connectivity index (χ1) is 10.9. The van der Waals surface area contributed by atoms with Crippen LogP contribution >= 0.6 is 0 Å². The number of primary amides is 1. The zero-order chi connectivity index (χ0) is 16.6. The van der Waals surface area contributed by atoms with Crippen LogP contribution in [0.15, 0.2) is 48.7 Å². The van der Waals surface area contributed by atoms with Crippen LogP contribution in [0.4, 0.5) is 13.2 Å². The molecule has 1 heterocycles. The maximum atomic E-state index is 12.6. The second-order valence-electron chi connectivity index (χ2n) is 4.87. The van der Waals surface area contributed by atoms with Gasteiger partial charge in [0.1, 0.15) is 5.52 Å². The number of halogens is 3. The monoisotopic (exact) mass is 317 g/mol. The Hall–Kier alpha value is -2.96. The first-order valence-corrected chi connectivity index (χ1v) is 6.59. The molecule has 0 atom stereocenters. The standard InChI is InChI=1S/C16H10F3N3O/c17-16(18,19)10-6-4-9(5-7-10)13-8-21-14-11(15(20)23)2-1-3-12(14)22-13/h1-8H,(H2,20,23). The number of amides is 1. The second-order valence-corrected chi connectivity index (χ2v) is 4.87. The van der Waals surface area contributed by atoms with Gasteiger partial charge in [-0.1, -0.05) is 18.2 Å². The van der Waals surface area contributed by atoms with E-state index in [1.165, 1.54) is 24.4 Å². The van der Waals surface area contributed by atoms with Crippen molar-refractivity contribution in [3.8, 4) is 11.3 Å². The molecule has 2 N–H and O–H groups in total. The van der Waals surface area contributed by atoms with E-state index >= 15 is 0 Å². The number of para-hydroxylation sites is 1.